The molecule has 1 rings (SSSR count). The average Bonchev–Trinajstić information content (AvgIpc) is 2.01. The van der Waals surface area contributed by atoms with Gasteiger partial charge < -0.3 is 14.8 Å². The molecule has 0 spiro atoms. The van der Waals surface area contributed by atoms with Gasteiger partial charge in [0.15, 0.2) is 6.04 Å². The lowest BCUT2D eigenvalue weighted by molar-refractivity contribution is -0.163. The predicted molar refractivity (Wildman–Crippen MR) is 48.6 cm³/mol. The van der Waals surface area contributed by atoms with Gasteiger partial charge in [-0.1, -0.05) is 0 Å². The van der Waals surface area contributed by atoms with E-state index in [1.54, 1.807) is 20.8 Å². The number of esters is 1. The van der Waals surface area contributed by atoms with Crippen molar-refractivity contribution in [2.24, 2.45) is 0 Å². The highest BCUT2D eigenvalue weighted by atomic mass is 16.6. The lowest BCUT2D eigenvalue weighted by atomic mass is 10.2. The van der Waals surface area contributed by atoms with E-state index in [1.807, 2.05) is 0 Å². The number of hydrogen-bond acceptors (Lipinski definition) is 4. The molecule has 0 saturated carbocycles. The Balaban J connectivity index is 2.48. The van der Waals surface area contributed by atoms with Crippen LogP contribution in [0.15, 0.2) is 0 Å². The van der Waals surface area contributed by atoms with Gasteiger partial charge in [0.2, 0.25) is 5.91 Å². The molecule has 14 heavy (non-hydrogen) atoms. The van der Waals surface area contributed by atoms with Crippen molar-refractivity contribution in [3.8, 4) is 0 Å². The van der Waals surface area contributed by atoms with Crippen molar-refractivity contribution in [2.45, 2.75) is 32.4 Å². The Kier molecular flexibility index (Phi) is 3.10. The minimum absolute atomic E-state index is 0.0132. The molecule has 0 radical (unpaired) electrons. The molecule has 0 aromatic heterocycles. The van der Waals surface area contributed by atoms with Crippen LogP contribution in [0.1, 0.15) is 20.8 Å². The van der Waals surface area contributed by atoms with Gasteiger partial charge in [0.1, 0.15) is 12.2 Å². The molecule has 0 aromatic carbocycles. The maximum atomic E-state index is 11.4. The normalized spacial score (nSPS) is 22.8. The Morgan fingerprint density at radius 3 is 2.71 bits per heavy atom. The topological polar surface area (TPSA) is 64.6 Å². The van der Waals surface area contributed by atoms with E-state index in [0.29, 0.717) is 0 Å². The Labute approximate surface area is 82.8 Å². The average molecular weight is 201 g/mol. The second-order valence-electron chi connectivity index (χ2n) is 4.17. The van der Waals surface area contributed by atoms with Gasteiger partial charge in [0.25, 0.3) is 0 Å². The number of carbonyl (C=O) groups is 2. The molecule has 1 aliphatic heterocycles. The highest BCUT2D eigenvalue weighted by Gasteiger charge is 2.29. The number of ether oxygens (including phenoxy) is 2. The summed E-state index contributed by atoms with van der Waals surface area (Å²) in [7, 11) is 0. The molecule has 0 aliphatic carbocycles. The summed E-state index contributed by atoms with van der Waals surface area (Å²) in [6.45, 7) is 5.52. The summed E-state index contributed by atoms with van der Waals surface area (Å²) in [6, 6.07) is -0.671. The standard InChI is InChI=1S/C9H15NO4/c1-9(2,3)14-8(12)6-4-13-5-7(11)10-6/h6H,4-5H2,1-3H3,(H,10,11)/t6-/m0/s1. The van der Waals surface area contributed by atoms with Crippen LogP contribution in [0, 0.1) is 0 Å². The summed E-state index contributed by atoms with van der Waals surface area (Å²) >= 11 is 0. The van der Waals surface area contributed by atoms with E-state index < -0.39 is 17.6 Å². The first kappa shape index (κ1) is 11.0. The van der Waals surface area contributed by atoms with E-state index in [1.165, 1.54) is 0 Å². The number of nitrogens with one attached hydrogen (secondary N) is 1. The van der Waals surface area contributed by atoms with E-state index in [0.717, 1.165) is 0 Å². The van der Waals surface area contributed by atoms with E-state index in [-0.39, 0.29) is 19.1 Å². The molecule has 5 heteroatoms. The largest absolute Gasteiger partial charge is 0.458 e. The summed E-state index contributed by atoms with van der Waals surface area (Å²) in [5.41, 5.74) is -0.542. The lowest BCUT2D eigenvalue weighted by Gasteiger charge is -2.26. The van der Waals surface area contributed by atoms with Crippen LogP contribution in [0.3, 0.4) is 0 Å². The third kappa shape index (κ3) is 3.33. The second-order valence-corrected chi connectivity index (χ2v) is 4.17. The zero-order valence-electron chi connectivity index (χ0n) is 8.62. The van der Waals surface area contributed by atoms with Gasteiger partial charge in [0.05, 0.1) is 6.61 Å². The van der Waals surface area contributed by atoms with Gasteiger partial charge in [-0.3, -0.25) is 4.79 Å². The minimum Gasteiger partial charge on any atom is -0.458 e. The lowest BCUT2D eigenvalue weighted by Crippen LogP contribution is -2.51. The third-order valence-corrected chi connectivity index (χ3v) is 1.54. The summed E-state index contributed by atoms with van der Waals surface area (Å²) in [5, 5.41) is 2.50. The van der Waals surface area contributed by atoms with Crippen molar-refractivity contribution in [1.82, 2.24) is 5.32 Å². The Bertz CT molecular complexity index is 244. The summed E-state index contributed by atoms with van der Waals surface area (Å²) in [6.07, 6.45) is 0. The van der Waals surface area contributed by atoms with Crippen LogP contribution in [0.2, 0.25) is 0 Å². The van der Waals surface area contributed by atoms with Crippen LogP contribution in [0.4, 0.5) is 0 Å². The molecule has 1 atom stereocenters. The molecule has 5 nitrogen and oxygen atoms in total. The quantitative estimate of drug-likeness (QED) is 0.599. The molecule has 0 unspecified atom stereocenters. The summed E-state index contributed by atoms with van der Waals surface area (Å²) in [4.78, 5) is 22.3. The molecular formula is C9H15NO4. The first-order chi connectivity index (χ1) is 6.38. The zero-order valence-corrected chi connectivity index (χ0v) is 8.62. The van der Waals surface area contributed by atoms with Crippen molar-refractivity contribution < 1.29 is 19.1 Å². The van der Waals surface area contributed by atoms with Crippen molar-refractivity contribution in [1.29, 1.82) is 0 Å². The van der Waals surface area contributed by atoms with Crippen LogP contribution < -0.4 is 5.32 Å². The third-order valence-electron chi connectivity index (χ3n) is 1.54. The molecule has 1 aliphatic rings. The molecule has 1 saturated heterocycles. The number of rotatable bonds is 1. The van der Waals surface area contributed by atoms with Crippen molar-refractivity contribution >= 4 is 11.9 Å². The molecule has 1 N–H and O–H groups in total. The molecule has 0 aromatic rings. The van der Waals surface area contributed by atoms with Gasteiger partial charge in [0, 0.05) is 0 Å². The fraction of sp³-hybridized carbons (Fsp3) is 0.778. The molecule has 0 bridgehead atoms. The van der Waals surface area contributed by atoms with Crippen molar-refractivity contribution in [3.05, 3.63) is 0 Å². The van der Waals surface area contributed by atoms with Crippen molar-refractivity contribution in [3.63, 3.8) is 0 Å². The molecular weight excluding hydrogens is 186 g/mol. The van der Waals surface area contributed by atoms with Gasteiger partial charge >= 0.3 is 5.97 Å². The van der Waals surface area contributed by atoms with Gasteiger partial charge in [-0.25, -0.2) is 4.79 Å². The highest BCUT2D eigenvalue weighted by molar-refractivity contribution is 5.86. The van der Waals surface area contributed by atoms with Gasteiger partial charge in [-0.2, -0.15) is 0 Å². The van der Waals surface area contributed by atoms with Gasteiger partial charge in [-0.05, 0) is 20.8 Å². The minimum atomic E-state index is -0.671. The van der Waals surface area contributed by atoms with Crippen LogP contribution in [0.25, 0.3) is 0 Å². The Hall–Kier alpha value is -1.10. The SMILES string of the molecule is CC(C)(C)OC(=O)[C@@H]1COCC(=O)N1. The highest BCUT2D eigenvalue weighted by Crippen LogP contribution is 2.09. The van der Waals surface area contributed by atoms with E-state index in [4.69, 9.17) is 9.47 Å². The monoisotopic (exact) mass is 201 g/mol. The van der Waals surface area contributed by atoms with Crippen LogP contribution in [-0.2, 0) is 19.1 Å². The van der Waals surface area contributed by atoms with Crippen LogP contribution >= 0.6 is 0 Å². The van der Waals surface area contributed by atoms with Crippen LogP contribution in [0.5, 0.6) is 0 Å². The Morgan fingerprint density at radius 1 is 1.57 bits per heavy atom. The molecule has 1 amide bonds. The second kappa shape index (κ2) is 3.96. The summed E-state index contributed by atoms with van der Waals surface area (Å²) in [5.74, 6) is -0.738. The molecule has 80 valence electrons. The number of amides is 1. The van der Waals surface area contributed by atoms with E-state index in [9.17, 15) is 9.59 Å². The van der Waals surface area contributed by atoms with Gasteiger partial charge in [-0.15, -0.1) is 0 Å². The molecule has 1 fully saturated rings. The van der Waals surface area contributed by atoms with E-state index >= 15 is 0 Å². The van der Waals surface area contributed by atoms with Crippen molar-refractivity contribution in [2.75, 3.05) is 13.2 Å². The fourth-order valence-electron chi connectivity index (χ4n) is 1.05. The fourth-order valence-corrected chi connectivity index (χ4v) is 1.05. The van der Waals surface area contributed by atoms with E-state index in [2.05, 4.69) is 5.32 Å². The predicted octanol–water partition coefficient (Wildman–Crippen LogP) is -0.157. The number of carbonyl (C=O) groups excluding carboxylic acids is 2. The first-order valence-corrected chi connectivity index (χ1v) is 4.48. The first-order valence-electron chi connectivity index (χ1n) is 4.48. The number of hydrogen-bond donors (Lipinski definition) is 1. The zero-order chi connectivity index (χ0) is 10.8. The maximum Gasteiger partial charge on any atom is 0.331 e. The maximum absolute atomic E-state index is 11.4. The summed E-state index contributed by atoms with van der Waals surface area (Å²) < 4.78 is 10.0. The van der Waals surface area contributed by atoms with Crippen LogP contribution in [-0.4, -0.2) is 36.7 Å². The number of morpholine rings is 1. The smallest absolute Gasteiger partial charge is 0.331 e. The Morgan fingerprint density at radius 2 is 2.21 bits per heavy atom. The molecule has 1 heterocycles.